The lowest BCUT2D eigenvalue weighted by atomic mass is 10.2. The molecule has 1 aromatic heterocycles. The van der Waals surface area contributed by atoms with E-state index in [0.29, 0.717) is 19.8 Å². The Morgan fingerprint density at radius 1 is 1.15 bits per heavy atom. The molecule has 0 spiro atoms. The molecule has 0 bridgehead atoms. The van der Waals surface area contributed by atoms with Crippen molar-refractivity contribution in [1.82, 2.24) is 10.3 Å². The molecule has 0 amide bonds. The van der Waals surface area contributed by atoms with Crippen molar-refractivity contribution < 1.29 is 9.47 Å². The quantitative estimate of drug-likeness (QED) is 0.386. The number of nitrogens with zero attached hydrogens (tertiary/aromatic N) is 2. The Morgan fingerprint density at radius 3 is 2.70 bits per heavy atom. The number of hydrogen-bond acceptors (Lipinski definition) is 4. The fourth-order valence-electron chi connectivity index (χ4n) is 2.63. The van der Waals surface area contributed by atoms with Crippen molar-refractivity contribution in [2.45, 2.75) is 26.7 Å². The maximum Gasteiger partial charge on any atom is 0.195 e. The highest BCUT2D eigenvalue weighted by atomic mass is 127. The summed E-state index contributed by atoms with van der Waals surface area (Å²) in [7, 11) is 0. The summed E-state index contributed by atoms with van der Waals surface area (Å²) in [6, 6.07) is 9.99. The summed E-state index contributed by atoms with van der Waals surface area (Å²) in [5.74, 6) is 2.32. The van der Waals surface area contributed by atoms with Gasteiger partial charge in [-0.05, 0) is 44.0 Å². The standard InChI is InChI=1S/C20H26N4O2.HI/c1-3-21-20(22-10-9-16-6-5-15(2)23-14-16)24-17-7-8-18-19(13-17)26-12-4-11-25-18;/h5-8,13-14H,3-4,9-12H2,1-2H3,(H2,21,22,24);1H. The first-order chi connectivity index (χ1) is 12.7. The number of aliphatic imine (C=N–C) groups is 1. The predicted molar refractivity (Wildman–Crippen MR) is 120 cm³/mol. The summed E-state index contributed by atoms with van der Waals surface area (Å²) >= 11 is 0. The van der Waals surface area contributed by atoms with Crippen molar-refractivity contribution in [3.05, 3.63) is 47.8 Å². The maximum atomic E-state index is 5.75. The number of fused-ring (bicyclic) bond motifs is 1. The summed E-state index contributed by atoms with van der Waals surface area (Å²) in [5.41, 5.74) is 3.14. The van der Waals surface area contributed by atoms with Crippen molar-refractivity contribution in [3.63, 3.8) is 0 Å². The molecule has 1 aliphatic rings. The number of guanidine groups is 1. The largest absolute Gasteiger partial charge is 0.490 e. The normalized spacial score (nSPS) is 13.3. The first-order valence-corrected chi connectivity index (χ1v) is 9.11. The highest BCUT2D eigenvalue weighted by molar-refractivity contribution is 14.0. The van der Waals surface area contributed by atoms with E-state index in [9.17, 15) is 0 Å². The second-order valence-corrected chi connectivity index (χ2v) is 6.16. The van der Waals surface area contributed by atoms with Crippen molar-refractivity contribution >= 4 is 35.6 Å². The summed E-state index contributed by atoms with van der Waals surface area (Å²) in [6.45, 7) is 6.89. The van der Waals surface area contributed by atoms with Crippen molar-refractivity contribution in [2.24, 2.45) is 4.99 Å². The molecule has 0 radical (unpaired) electrons. The zero-order chi connectivity index (χ0) is 18.2. The minimum Gasteiger partial charge on any atom is -0.490 e. The number of halogens is 1. The minimum absolute atomic E-state index is 0. The van der Waals surface area contributed by atoms with E-state index in [1.807, 2.05) is 37.4 Å². The highest BCUT2D eigenvalue weighted by Crippen LogP contribution is 2.32. The van der Waals surface area contributed by atoms with Crippen LogP contribution in [0.2, 0.25) is 0 Å². The fourth-order valence-corrected chi connectivity index (χ4v) is 2.63. The molecule has 6 nitrogen and oxygen atoms in total. The Bertz CT molecular complexity index is 750. The van der Waals surface area contributed by atoms with Crippen LogP contribution in [0.5, 0.6) is 11.5 Å². The van der Waals surface area contributed by atoms with Gasteiger partial charge in [0.15, 0.2) is 17.5 Å². The van der Waals surface area contributed by atoms with Gasteiger partial charge in [0.2, 0.25) is 0 Å². The fraction of sp³-hybridized carbons (Fsp3) is 0.400. The van der Waals surface area contributed by atoms with E-state index in [2.05, 4.69) is 33.6 Å². The van der Waals surface area contributed by atoms with Gasteiger partial charge in [-0.3, -0.25) is 9.98 Å². The molecular weight excluding hydrogens is 455 g/mol. The molecule has 2 aromatic rings. The molecule has 0 saturated carbocycles. The number of nitrogens with one attached hydrogen (secondary N) is 2. The van der Waals surface area contributed by atoms with Gasteiger partial charge < -0.3 is 20.1 Å². The molecule has 146 valence electrons. The van der Waals surface area contributed by atoms with Crippen molar-refractivity contribution in [3.8, 4) is 11.5 Å². The Morgan fingerprint density at radius 2 is 1.96 bits per heavy atom. The zero-order valence-electron chi connectivity index (χ0n) is 15.8. The second kappa shape index (κ2) is 11.0. The molecule has 0 saturated heterocycles. The van der Waals surface area contributed by atoms with Crippen LogP contribution in [0.25, 0.3) is 0 Å². The van der Waals surface area contributed by atoms with E-state index in [1.54, 1.807) is 0 Å². The third-order valence-corrected chi connectivity index (χ3v) is 4.00. The number of benzene rings is 1. The van der Waals surface area contributed by atoms with Gasteiger partial charge in [-0.1, -0.05) is 6.07 Å². The lowest BCUT2D eigenvalue weighted by molar-refractivity contribution is 0.297. The SMILES string of the molecule is CCNC(=NCCc1ccc(C)nc1)Nc1ccc2c(c1)OCCCO2.I. The van der Waals surface area contributed by atoms with Gasteiger partial charge in [0.25, 0.3) is 0 Å². The monoisotopic (exact) mass is 482 g/mol. The third kappa shape index (κ3) is 6.57. The maximum absolute atomic E-state index is 5.75. The minimum atomic E-state index is 0. The number of rotatable bonds is 5. The Kier molecular flexibility index (Phi) is 8.63. The van der Waals surface area contributed by atoms with Crippen LogP contribution in [-0.2, 0) is 6.42 Å². The van der Waals surface area contributed by atoms with Crippen molar-refractivity contribution in [2.75, 3.05) is 31.6 Å². The molecular formula is C20H27IN4O2. The average Bonchev–Trinajstić information content (AvgIpc) is 2.88. The summed E-state index contributed by atoms with van der Waals surface area (Å²) in [4.78, 5) is 8.98. The zero-order valence-corrected chi connectivity index (χ0v) is 18.2. The number of pyridine rings is 1. The lowest BCUT2D eigenvalue weighted by Gasteiger charge is -2.13. The molecule has 0 atom stereocenters. The molecule has 27 heavy (non-hydrogen) atoms. The van der Waals surface area contributed by atoms with Crippen LogP contribution < -0.4 is 20.1 Å². The van der Waals surface area contributed by atoms with Crippen LogP contribution in [0, 0.1) is 6.92 Å². The van der Waals surface area contributed by atoms with Gasteiger partial charge in [0.1, 0.15) is 0 Å². The smallest absolute Gasteiger partial charge is 0.195 e. The molecule has 3 rings (SSSR count). The highest BCUT2D eigenvalue weighted by Gasteiger charge is 2.11. The summed E-state index contributed by atoms with van der Waals surface area (Å²) in [6.07, 6.45) is 3.66. The molecule has 1 aromatic carbocycles. The van der Waals surface area contributed by atoms with Crippen LogP contribution in [0.3, 0.4) is 0 Å². The van der Waals surface area contributed by atoms with E-state index < -0.39 is 0 Å². The second-order valence-electron chi connectivity index (χ2n) is 6.16. The molecule has 1 aliphatic heterocycles. The molecule has 7 heteroatoms. The Balaban J connectivity index is 0.00000261. The van der Waals surface area contributed by atoms with Crippen LogP contribution >= 0.6 is 24.0 Å². The van der Waals surface area contributed by atoms with Crippen LogP contribution in [0.4, 0.5) is 5.69 Å². The van der Waals surface area contributed by atoms with Gasteiger partial charge in [0.05, 0.1) is 13.2 Å². The Labute approximate surface area is 177 Å². The van der Waals surface area contributed by atoms with Gasteiger partial charge in [-0.15, -0.1) is 24.0 Å². The van der Waals surface area contributed by atoms with Gasteiger partial charge in [0, 0.05) is 43.2 Å². The molecule has 2 heterocycles. The molecule has 2 N–H and O–H groups in total. The number of aromatic nitrogens is 1. The van der Waals surface area contributed by atoms with Crippen molar-refractivity contribution in [1.29, 1.82) is 0 Å². The first kappa shape index (κ1) is 21.3. The number of aryl methyl sites for hydroxylation is 1. The molecule has 0 aliphatic carbocycles. The number of anilines is 1. The first-order valence-electron chi connectivity index (χ1n) is 9.11. The van der Waals surface area contributed by atoms with E-state index in [1.165, 1.54) is 5.56 Å². The van der Waals surface area contributed by atoms with Crippen LogP contribution in [0.1, 0.15) is 24.6 Å². The van der Waals surface area contributed by atoms with Crippen LogP contribution in [0.15, 0.2) is 41.5 Å². The van der Waals surface area contributed by atoms with Gasteiger partial charge in [-0.25, -0.2) is 0 Å². The van der Waals surface area contributed by atoms with E-state index >= 15 is 0 Å². The third-order valence-electron chi connectivity index (χ3n) is 4.00. The average molecular weight is 482 g/mol. The van der Waals surface area contributed by atoms with Gasteiger partial charge in [-0.2, -0.15) is 0 Å². The Hall–Kier alpha value is -2.03. The number of ether oxygens (including phenoxy) is 2. The van der Waals surface area contributed by atoms with Crippen LogP contribution in [-0.4, -0.2) is 37.2 Å². The summed E-state index contributed by atoms with van der Waals surface area (Å²) < 4.78 is 11.4. The van der Waals surface area contributed by atoms with E-state index in [-0.39, 0.29) is 24.0 Å². The topological polar surface area (TPSA) is 67.8 Å². The lowest BCUT2D eigenvalue weighted by Crippen LogP contribution is -2.30. The summed E-state index contributed by atoms with van der Waals surface area (Å²) in [5, 5.41) is 6.60. The number of hydrogen-bond donors (Lipinski definition) is 2. The predicted octanol–water partition coefficient (Wildman–Crippen LogP) is 3.79. The van der Waals surface area contributed by atoms with E-state index in [0.717, 1.165) is 48.2 Å². The van der Waals surface area contributed by atoms with Gasteiger partial charge >= 0.3 is 0 Å². The molecule has 0 fully saturated rings. The molecule has 0 unspecified atom stereocenters. The van der Waals surface area contributed by atoms with E-state index in [4.69, 9.17) is 9.47 Å².